The van der Waals surface area contributed by atoms with E-state index in [9.17, 15) is 9.90 Å². The van der Waals surface area contributed by atoms with E-state index in [1.54, 1.807) is 13.3 Å². The zero-order valence-electron chi connectivity index (χ0n) is 15.2. The van der Waals surface area contributed by atoms with Crippen molar-refractivity contribution in [3.05, 3.63) is 29.8 Å². The van der Waals surface area contributed by atoms with Gasteiger partial charge in [0.25, 0.3) is 0 Å². The number of hydrogen-bond acceptors (Lipinski definition) is 8. The number of aliphatic hydroxyl groups excluding tert-OH is 1. The quantitative estimate of drug-likeness (QED) is 0.539. The van der Waals surface area contributed by atoms with Gasteiger partial charge in [0, 0.05) is 25.2 Å². The van der Waals surface area contributed by atoms with Gasteiger partial charge >= 0.3 is 6.09 Å². The van der Waals surface area contributed by atoms with Crippen molar-refractivity contribution in [3.8, 4) is 5.75 Å². The minimum Gasteiger partial charge on any atom is -0.497 e. The van der Waals surface area contributed by atoms with E-state index >= 15 is 0 Å². The predicted octanol–water partition coefficient (Wildman–Crippen LogP) is -0.319. The molecular formula is C18H25N5O4. The van der Waals surface area contributed by atoms with Gasteiger partial charge in [-0.3, -0.25) is 4.99 Å². The summed E-state index contributed by atoms with van der Waals surface area (Å²) < 4.78 is 10.6. The lowest BCUT2D eigenvalue weighted by Crippen LogP contribution is -2.42. The monoisotopic (exact) mass is 375 g/mol. The molecule has 0 aromatic heterocycles. The zero-order valence-corrected chi connectivity index (χ0v) is 15.2. The van der Waals surface area contributed by atoms with Crippen molar-refractivity contribution in [1.29, 1.82) is 0 Å². The average Bonchev–Trinajstić information content (AvgIpc) is 3.01. The van der Waals surface area contributed by atoms with Crippen LogP contribution in [0.15, 0.2) is 34.3 Å². The van der Waals surface area contributed by atoms with Gasteiger partial charge in [0.1, 0.15) is 18.0 Å². The number of carbonyl (C=O) groups excluding carboxylic acids is 1. The molecule has 9 nitrogen and oxygen atoms in total. The van der Waals surface area contributed by atoms with E-state index in [-0.39, 0.29) is 17.9 Å². The van der Waals surface area contributed by atoms with Gasteiger partial charge in [0.15, 0.2) is 0 Å². The second-order valence-electron chi connectivity index (χ2n) is 6.62. The number of guanidine groups is 1. The van der Waals surface area contributed by atoms with Gasteiger partial charge in [-0.1, -0.05) is 12.1 Å². The molecule has 1 saturated heterocycles. The number of nitrogens with zero attached hydrogens (tertiary/aromatic N) is 2. The number of amides is 1. The number of nitrogens with one attached hydrogen (secondary N) is 2. The Kier molecular flexibility index (Phi) is 6.25. The fourth-order valence-corrected chi connectivity index (χ4v) is 3.11. The molecule has 5 N–H and O–H groups in total. The molecule has 4 atom stereocenters. The van der Waals surface area contributed by atoms with Crippen LogP contribution in [0.2, 0.25) is 0 Å². The van der Waals surface area contributed by atoms with E-state index in [4.69, 9.17) is 15.2 Å². The lowest BCUT2D eigenvalue weighted by atomic mass is 10.0. The molecule has 1 aromatic rings. The third-order valence-electron chi connectivity index (χ3n) is 4.64. The van der Waals surface area contributed by atoms with Gasteiger partial charge in [-0.25, -0.2) is 9.79 Å². The van der Waals surface area contributed by atoms with E-state index < -0.39 is 18.3 Å². The molecule has 1 fully saturated rings. The summed E-state index contributed by atoms with van der Waals surface area (Å²) in [6.45, 7) is 1.20. The van der Waals surface area contributed by atoms with E-state index in [1.165, 1.54) is 0 Å². The van der Waals surface area contributed by atoms with Crippen molar-refractivity contribution >= 4 is 18.3 Å². The van der Waals surface area contributed by atoms with Crippen molar-refractivity contribution < 1.29 is 19.4 Å². The maximum atomic E-state index is 12.1. The smallest absolute Gasteiger partial charge is 0.407 e. The number of alkyl carbamates (subject to hydrolysis) is 1. The van der Waals surface area contributed by atoms with E-state index in [1.807, 2.05) is 24.3 Å². The summed E-state index contributed by atoms with van der Waals surface area (Å²) in [5, 5.41) is 16.1. The van der Waals surface area contributed by atoms with Gasteiger partial charge in [0.05, 0.1) is 19.7 Å². The van der Waals surface area contributed by atoms with Gasteiger partial charge in [-0.15, -0.1) is 0 Å². The largest absolute Gasteiger partial charge is 0.497 e. The topological polar surface area (TPSA) is 131 Å². The lowest BCUT2D eigenvalue weighted by Gasteiger charge is -2.23. The maximum absolute atomic E-state index is 12.1. The number of nitrogens with two attached hydrogens (primary N) is 1. The molecule has 9 heteroatoms. The van der Waals surface area contributed by atoms with Crippen LogP contribution in [-0.4, -0.2) is 68.4 Å². The molecular weight excluding hydrogens is 350 g/mol. The van der Waals surface area contributed by atoms with Crippen LogP contribution in [0.5, 0.6) is 5.75 Å². The number of β-amino-alcohol motifs (C(OH)–C–C–N with tert-alkyl or cyclic N) is 1. The van der Waals surface area contributed by atoms with Crippen molar-refractivity contribution in [2.24, 2.45) is 21.6 Å². The predicted molar refractivity (Wildman–Crippen MR) is 101 cm³/mol. The first-order chi connectivity index (χ1) is 13.0. The molecule has 2 aliphatic heterocycles. The number of hydrogen-bond donors (Lipinski definition) is 4. The number of carbonyl (C=O) groups is 1. The van der Waals surface area contributed by atoms with Crippen molar-refractivity contribution in [3.63, 3.8) is 0 Å². The zero-order chi connectivity index (χ0) is 19.2. The Hall–Kier alpha value is -2.65. The summed E-state index contributed by atoms with van der Waals surface area (Å²) in [5.41, 5.74) is 6.53. The fraction of sp³-hybridized carbons (Fsp3) is 0.500. The molecule has 2 heterocycles. The van der Waals surface area contributed by atoms with Crippen LogP contribution in [0.4, 0.5) is 4.79 Å². The average molecular weight is 375 g/mol. The highest BCUT2D eigenvalue weighted by Crippen LogP contribution is 2.19. The van der Waals surface area contributed by atoms with E-state index in [0.29, 0.717) is 26.1 Å². The highest BCUT2D eigenvalue weighted by Gasteiger charge is 2.37. The van der Waals surface area contributed by atoms with Gasteiger partial charge in [-0.2, -0.15) is 0 Å². The molecule has 0 saturated carbocycles. The Morgan fingerprint density at radius 2 is 2.19 bits per heavy atom. The second kappa shape index (κ2) is 8.83. The number of ether oxygens (including phenoxy) is 2. The molecule has 3 rings (SSSR count). The Morgan fingerprint density at radius 3 is 2.85 bits per heavy atom. The Morgan fingerprint density at radius 1 is 1.41 bits per heavy atom. The minimum atomic E-state index is -0.750. The molecule has 27 heavy (non-hydrogen) atoms. The molecule has 1 aromatic carbocycles. The first-order valence-electron chi connectivity index (χ1n) is 8.88. The second-order valence-corrected chi connectivity index (χ2v) is 6.62. The van der Waals surface area contributed by atoms with Gasteiger partial charge in [-0.05, 0) is 24.1 Å². The van der Waals surface area contributed by atoms with Crippen molar-refractivity contribution in [2.75, 3.05) is 26.7 Å². The number of aliphatic hydroxyl groups is 1. The van der Waals surface area contributed by atoms with Crippen LogP contribution in [-0.2, 0) is 11.2 Å². The molecule has 0 bridgehead atoms. The van der Waals surface area contributed by atoms with E-state index in [0.717, 1.165) is 11.3 Å². The summed E-state index contributed by atoms with van der Waals surface area (Å²) >= 11 is 0. The van der Waals surface area contributed by atoms with Crippen molar-refractivity contribution in [1.82, 2.24) is 10.6 Å². The first-order valence-corrected chi connectivity index (χ1v) is 8.88. The fourth-order valence-electron chi connectivity index (χ4n) is 3.11. The number of benzene rings is 1. The summed E-state index contributed by atoms with van der Waals surface area (Å²) in [5.74, 6) is 1.00. The third-order valence-corrected chi connectivity index (χ3v) is 4.64. The molecule has 1 amide bonds. The summed E-state index contributed by atoms with van der Waals surface area (Å²) in [4.78, 5) is 20.1. The van der Waals surface area contributed by atoms with Crippen LogP contribution in [0, 0.1) is 5.92 Å². The van der Waals surface area contributed by atoms with Crippen molar-refractivity contribution in [2.45, 2.75) is 24.7 Å². The molecule has 1 unspecified atom stereocenters. The summed E-state index contributed by atoms with van der Waals surface area (Å²) in [6, 6.07) is 7.50. The van der Waals surface area contributed by atoms with Crippen LogP contribution in [0.3, 0.4) is 0 Å². The summed E-state index contributed by atoms with van der Waals surface area (Å²) in [7, 11) is 1.62. The van der Waals surface area contributed by atoms with Crippen LogP contribution in [0.25, 0.3) is 0 Å². The Bertz CT molecular complexity index is 706. The Balaban J connectivity index is 1.50. The first kappa shape index (κ1) is 19.1. The SMILES string of the molecule is COc1ccc(C[C@H]2NC[C@H](O)[C@H]2OC(=O)NCC2C=NC(N)=NC2)cc1. The molecule has 2 aliphatic rings. The molecule has 0 radical (unpaired) electrons. The number of aliphatic imine (C=N–C) groups is 2. The standard InChI is InChI=1S/C18H25N5O4/c1-26-13-4-2-11(3-5-13)6-14-16(15(24)10-20-14)27-18(25)23-9-12-7-21-17(19)22-8-12/h2-5,7,12,14-16,20,24H,6,8-10H2,1H3,(H2,19,22)(H,23,25)/t12?,14-,15+,16+/m1/s1. The molecule has 0 aliphatic carbocycles. The normalized spacial score (nSPS) is 27.1. The highest BCUT2D eigenvalue weighted by atomic mass is 16.6. The van der Waals surface area contributed by atoms with Crippen LogP contribution < -0.4 is 21.1 Å². The minimum absolute atomic E-state index is 0.0217. The van der Waals surface area contributed by atoms with Crippen LogP contribution >= 0.6 is 0 Å². The molecule has 146 valence electrons. The Labute approximate surface area is 157 Å². The number of methoxy groups -OCH3 is 1. The molecule has 0 spiro atoms. The lowest BCUT2D eigenvalue weighted by molar-refractivity contribution is 0.0188. The maximum Gasteiger partial charge on any atom is 0.407 e. The summed E-state index contributed by atoms with van der Waals surface area (Å²) in [6.07, 6.45) is 0.349. The van der Waals surface area contributed by atoms with Gasteiger partial charge < -0.3 is 30.9 Å². The van der Waals surface area contributed by atoms with Gasteiger partial charge in [0.2, 0.25) is 5.96 Å². The highest BCUT2D eigenvalue weighted by molar-refractivity contribution is 5.89. The third kappa shape index (κ3) is 5.18. The van der Waals surface area contributed by atoms with Crippen LogP contribution in [0.1, 0.15) is 5.56 Å². The van der Waals surface area contributed by atoms with E-state index in [2.05, 4.69) is 20.6 Å². The number of rotatable bonds is 6.